The van der Waals surface area contributed by atoms with Crippen LogP contribution in [0.5, 0.6) is 0 Å². The summed E-state index contributed by atoms with van der Waals surface area (Å²) in [5, 5.41) is 2.75. The average Bonchev–Trinajstić information content (AvgIpc) is 2.85. The number of aromatic nitrogens is 2. The van der Waals surface area contributed by atoms with Gasteiger partial charge in [-0.1, -0.05) is 25.0 Å². The van der Waals surface area contributed by atoms with Crippen molar-refractivity contribution in [2.75, 3.05) is 23.3 Å². The van der Waals surface area contributed by atoms with E-state index in [0.29, 0.717) is 17.2 Å². The molecule has 0 radical (unpaired) electrons. The second kappa shape index (κ2) is 7.86. The summed E-state index contributed by atoms with van der Waals surface area (Å²) in [5.41, 5.74) is 1.18. The smallest absolute Gasteiger partial charge is 0.228 e. The zero-order valence-electron chi connectivity index (χ0n) is 13.5. The Morgan fingerprint density at radius 2 is 1.83 bits per heavy atom. The van der Waals surface area contributed by atoms with Gasteiger partial charge < -0.3 is 10.2 Å². The fraction of sp³-hybridized carbons (Fsp3) is 0.389. The van der Waals surface area contributed by atoms with E-state index in [2.05, 4.69) is 20.2 Å². The first kappa shape index (κ1) is 16.4. The number of hydrogen-bond donors (Lipinski definition) is 1. The lowest BCUT2D eigenvalue weighted by molar-refractivity contribution is -0.115. The fourth-order valence-electron chi connectivity index (χ4n) is 2.86. The molecule has 0 unspecified atom stereocenters. The van der Waals surface area contributed by atoms with E-state index in [0.717, 1.165) is 25.9 Å². The van der Waals surface area contributed by atoms with Crippen LogP contribution in [0, 0.1) is 5.82 Å². The normalized spacial score (nSPS) is 15.0. The van der Waals surface area contributed by atoms with E-state index in [4.69, 9.17) is 0 Å². The van der Waals surface area contributed by atoms with Crippen molar-refractivity contribution in [2.24, 2.45) is 0 Å². The molecule has 0 aliphatic carbocycles. The van der Waals surface area contributed by atoms with Gasteiger partial charge in [-0.05, 0) is 30.5 Å². The van der Waals surface area contributed by atoms with Crippen molar-refractivity contribution < 1.29 is 9.18 Å². The summed E-state index contributed by atoms with van der Waals surface area (Å²) in [4.78, 5) is 22.9. The molecule has 0 spiro atoms. The number of nitrogens with one attached hydrogen (secondary N) is 1. The van der Waals surface area contributed by atoms with Crippen molar-refractivity contribution in [3.63, 3.8) is 0 Å². The summed E-state index contributed by atoms with van der Waals surface area (Å²) in [5.74, 6) is 0.150. The van der Waals surface area contributed by atoms with Crippen molar-refractivity contribution in [3.8, 4) is 0 Å². The number of hydrogen-bond acceptors (Lipinski definition) is 4. The number of amides is 1. The Balaban J connectivity index is 1.58. The molecule has 1 N–H and O–H groups in total. The molecule has 1 amide bonds. The molecule has 1 aromatic heterocycles. The number of benzene rings is 1. The quantitative estimate of drug-likeness (QED) is 0.936. The molecule has 0 bridgehead atoms. The standard InChI is InChI=1S/C18H21FN4O/c19-15-7-5-6-14(10-15)11-17(24)22-16-12-20-18(21-13-16)23-8-3-1-2-4-9-23/h5-7,10,12-13H,1-4,8-9,11H2,(H,22,24). The van der Waals surface area contributed by atoms with E-state index < -0.39 is 0 Å². The molecule has 0 saturated carbocycles. The lowest BCUT2D eigenvalue weighted by Gasteiger charge is -2.19. The molecular weight excluding hydrogens is 307 g/mol. The van der Waals surface area contributed by atoms with Gasteiger partial charge in [0.2, 0.25) is 11.9 Å². The highest BCUT2D eigenvalue weighted by atomic mass is 19.1. The molecule has 0 atom stereocenters. The van der Waals surface area contributed by atoms with E-state index >= 15 is 0 Å². The molecule has 2 heterocycles. The highest BCUT2D eigenvalue weighted by Gasteiger charge is 2.12. The van der Waals surface area contributed by atoms with Gasteiger partial charge in [0.1, 0.15) is 5.82 Å². The number of carbonyl (C=O) groups excluding carboxylic acids is 1. The molecule has 24 heavy (non-hydrogen) atoms. The SMILES string of the molecule is O=C(Cc1cccc(F)c1)Nc1cnc(N2CCCCCC2)nc1. The Kier molecular flexibility index (Phi) is 5.36. The fourth-order valence-corrected chi connectivity index (χ4v) is 2.86. The maximum Gasteiger partial charge on any atom is 0.228 e. The molecule has 1 saturated heterocycles. The summed E-state index contributed by atoms with van der Waals surface area (Å²) in [6, 6.07) is 6.04. The minimum absolute atomic E-state index is 0.117. The first-order valence-corrected chi connectivity index (χ1v) is 8.32. The molecule has 5 nitrogen and oxygen atoms in total. The first-order valence-electron chi connectivity index (χ1n) is 8.32. The third kappa shape index (κ3) is 4.50. The van der Waals surface area contributed by atoms with Gasteiger partial charge in [-0.15, -0.1) is 0 Å². The molecule has 1 fully saturated rings. The average molecular weight is 328 g/mol. The Morgan fingerprint density at radius 3 is 2.50 bits per heavy atom. The van der Waals surface area contributed by atoms with Crippen molar-refractivity contribution in [1.82, 2.24) is 9.97 Å². The van der Waals surface area contributed by atoms with Crippen LogP contribution in [0.2, 0.25) is 0 Å². The van der Waals surface area contributed by atoms with Crippen LogP contribution < -0.4 is 10.2 Å². The maximum absolute atomic E-state index is 13.1. The molecule has 2 aromatic rings. The largest absolute Gasteiger partial charge is 0.341 e. The molecule has 1 aliphatic heterocycles. The predicted octanol–water partition coefficient (Wildman–Crippen LogP) is 3.18. The zero-order valence-corrected chi connectivity index (χ0v) is 13.5. The molecule has 126 valence electrons. The number of carbonyl (C=O) groups is 1. The van der Waals surface area contributed by atoms with E-state index in [-0.39, 0.29) is 18.1 Å². The van der Waals surface area contributed by atoms with Gasteiger partial charge in [-0.25, -0.2) is 14.4 Å². The van der Waals surface area contributed by atoms with Crippen LogP contribution in [0.25, 0.3) is 0 Å². The van der Waals surface area contributed by atoms with E-state index in [9.17, 15) is 9.18 Å². The van der Waals surface area contributed by atoms with Gasteiger partial charge in [0.05, 0.1) is 24.5 Å². The minimum atomic E-state index is -0.342. The van der Waals surface area contributed by atoms with Crippen LogP contribution in [-0.2, 0) is 11.2 Å². The topological polar surface area (TPSA) is 58.1 Å². The summed E-state index contributed by atoms with van der Waals surface area (Å²) < 4.78 is 13.1. The van der Waals surface area contributed by atoms with Gasteiger partial charge >= 0.3 is 0 Å². The lowest BCUT2D eigenvalue weighted by Crippen LogP contribution is -2.26. The number of nitrogens with zero attached hydrogens (tertiary/aromatic N) is 3. The van der Waals surface area contributed by atoms with Crippen LogP contribution in [0.1, 0.15) is 31.2 Å². The van der Waals surface area contributed by atoms with Crippen LogP contribution in [0.4, 0.5) is 16.0 Å². The van der Waals surface area contributed by atoms with Crippen molar-refractivity contribution in [3.05, 3.63) is 48.0 Å². The van der Waals surface area contributed by atoms with Gasteiger partial charge in [0, 0.05) is 13.1 Å². The van der Waals surface area contributed by atoms with E-state index in [1.54, 1.807) is 24.5 Å². The number of anilines is 2. The Hall–Kier alpha value is -2.50. The number of halogens is 1. The summed E-state index contributed by atoms with van der Waals surface area (Å²) in [6.45, 7) is 1.95. The third-order valence-corrected chi connectivity index (χ3v) is 4.06. The minimum Gasteiger partial charge on any atom is -0.341 e. The Morgan fingerprint density at radius 1 is 1.12 bits per heavy atom. The maximum atomic E-state index is 13.1. The number of rotatable bonds is 4. The Bertz CT molecular complexity index is 682. The Labute approximate surface area is 140 Å². The second-order valence-corrected chi connectivity index (χ2v) is 6.03. The van der Waals surface area contributed by atoms with Gasteiger partial charge in [0.15, 0.2) is 0 Å². The summed E-state index contributed by atoms with van der Waals surface area (Å²) >= 11 is 0. The van der Waals surface area contributed by atoms with Crippen LogP contribution in [-0.4, -0.2) is 29.0 Å². The molecule has 1 aliphatic rings. The van der Waals surface area contributed by atoms with Crippen LogP contribution in [0.15, 0.2) is 36.7 Å². The first-order chi connectivity index (χ1) is 11.7. The van der Waals surface area contributed by atoms with E-state index in [1.165, 1.54) is 25.0 Å². The van der Waals surface area contributed by atoms with Crippen molar-refractivity contribution in [2.45, 2.75) is 32.1 Å². The molecule has 1 aromatic carbocycles. The molecule has 6 heteroatoms. The predicted molar refractivity (Wildman–Crippen MR) is 91.4 cm³/mol. The zero-order chi connectivity index (χ0) is 16.8. The summed E-state index contributed by atoms with van der Waals surface area (Å²) in [7, 11) is 0. The van der Waals surface area contributed by atoms with Crippen molar-refractivity contribution in [1.29, 1.82) is 0 Å². The van der Waals surface area contributed by atoms with Crippen LogP contribution >= 0.6 is 0 Å². The molecular formula is C18H21FN4O. The lowest BCUT2D eigenvalue weighted by atomic mass is 10.1. The third-order valence-electron chi connectivity index (χ3n) is 4.06. The second-order valence-electron chi connectivity index (χ2n) is 6.03. The monoisotopic (exact) mass is 328 g/mol. The highest BCUT2D eigenvalue weighted by Crippen LogP contribution is 2.16. The summed E-state index contributed by atoms with van der Waals surface area (Å²) in [6.07, 6.45) is 8.19. The highest BCUT2D eigenvalue weighted by molar-refractivity contribution is 5.91. The van der Waals surface area contributed by atoms with Crippen LogP contribution in [0.3, 0.4) is 0 Å². The van der Waals surface area contributed by atoms with Gasteiger partial charge in [-0.3, -0.25) is 4.79 Å². The van der Waals surface area contributed by atoms with Gasteiger partial charge in [-0.2, -0.15) is 0 Å². The van der Waals surface area contributed by atoms with Crippen molar-refractivity contribution >= 4 is 17.5 Å². The molecule has 3 rings (SSSR count). The van der Waals surface area contributed by atoms with E-state index in [1.807, 2.05) is 0 Å². The van der Waals surface area contributed by atoms with Gasteiger partial charge in [0.25, 0.3) is 0 Å².